The Balaban J connectivity index is 1.37. The molecule has 0 unspecified atom stereocenters. The molecule has 4 rings (SSSR count). The average molecular weight is 473 g/mol. The Morgan fingerprint density at radius 2 is 2.00 bits per heavy atom. The monoisotopic (exact) mass is 472 g/mol. The number of carbonyl (C=O) groups excluding carboxylic acids is 2. The molecule has 0 aliphatic carbocycles. The molecule has 1 aromatic heterocycles. The summed E-state index contributed by atoms with van der Waals surface area (Å²) >= 11 is 1.74. The predicted molar refractivity (Wildman–Crippen MR) is 128 cm³/mol. The number of carbonyl (C=O) groups is 2. The van der Waals surface area contributed by atoms with Gasteiger partial charge in [0.05, 0.1) is 56.7 Å². The first-order valence-electron chi connectivity index (χ1n) is 11.0. The van der Waals surface area contributed by atoms with Gasteiger partial charge >= 0.3 is 12.1 Å². The Morgan fingerprint density at radius 1 is 1.24 bits per heavy atom. The van der Waals surface area contributed by atoms with Crippen LogP contribution in [-0.2, 0) is 14.3 Å². The van der Waals surface area contributed by atoms with E-state index in [1.54, 1.807) is 11.3 Å². The highest BCUT2D eigenvalue weighted by molar-refractivity contribution is 7.16. The molecule has 2 N–H and O–H groups in total. The van der Waals surface area contributed by atoms with E-state index in [1.165, 1.54) is 11.8 Å². The third kappa shape index (κ3) is 5.63. The first-order chi connectivity index (χ1) is 15.8. The molecule has 1 aromatic carbocycles. The van der Waals surface area contributed by atoms with Gasteiger partial charge in [0.15, 0.2) is 0 Å². The second-order valence-corrected chi connectivity index (χ2v) is 9.82. The summed E-state index contributed by atoms with van der Waals surface area (Å²) in [5.41, 5.74) is 3.08. The Hall–Kier alpha value is -3.11. The standard InChI is InChI=1S/C23H29N5O4S/c1-16-14-18-21(25-19-6-4-5-7-20(19)26-22(18)33-16)27-9-11-28(3,12-10-27)15-32-23(30)24-8-13-31-17(2)29/h4-7,14H,8-13,15H2,1-3H3,(H-,24,25,26,30)/p+1. The maximum atomic E-state index is 12.0. The molecular weight excluding hydrogens is 442 g/mol. The molecule has 2 aliphatic rings. The molecule has 0 bridgehead atoms. The van der Waals surface area contributed by atoms with Gasteiger partial charge in [-0.3, -0.25) is 9.28 Å². The highest BCUT2D eigenvalue weighted by Gasteiger charge is 2.33. The molecule has 1 saturated heterocycles. The van der Waals surface area contributed by atoms with E-state index in [4.69, 9.17) is 14.5 Å². The smallest absolute Gasteiger partial charge is 0.411 e. The zero-order valence-electron chi connectivity index (χ0n) is 19.2. The van der Waals surface area contributed by atoms with Crippen molar-refractivity contribution in [3.63, 3.8) is 0 Å². The zero-order chi connectivity index (χ0) is 23.4. The van der Waals surface area contributed by atoms with Crippen LogP contribution in [0.4, 0.5) is 21.2 Å². The van der Waals surface area contributed by atoms with Crippen LogP contribution in [-0.4, -0.2) is 80.4 Å². The van der Waals surface area contributed by atoms with Crippen LogP contribution >= 0.6 is 11.3 Å². The molecule has 0 atom stereocenters. The number of esters is 1. The van der Waals surface area contributed by atoms with E-state index in [-0.39, 0.29) is 25.9 Å². The number of rotatable bonds is 5. The molecule has 9 nitrogen and oxygen atoms in total. The number of benzene rings is 1. The van der Waals surface area contributed by atoms with Crippen LogP contribution in [0.1, 0.15) is 17.4 Å². The van der Waals surface area contributed by atoms with Gasteiger partial charge in [0.25, 0.3) is 0 Å². The minimum Gasteiger partial charge on any atom is -0.464 e. The van der Waals surface area contributed by atoms with Crippen molar-refractivity contribution in [1.29, 1.82) is 0 Å². The number of hydrogen-bond donors (Lipinski definition) is 2. The van der Waals surface area contributed by atoms with E-state index in [9.17, 15) is 9.59 Å². The van der Waals surface area contributed by atoms with Crippen molar-refractivity contribution in [1.82, 2.24) is 10.2 Å². The van der Waals surface area contributed by atoms with Crippen LogP contribution in [0.3, 0.4) is 0 Å². The topological polar surface area (TPSA) is 92.3 Å². The fraction of sp³-hybridized carbons (Fsp3) is 0.435. The Morgan fingerprint density at radius 3 is 2.76 bits per heavy atom. The van der Waals surface area contributed by atoms with Gasteiger partial charge in [0.2, 0.25) is 6.73 Å². The van der Waals surface area contributed by atoms with Crippen molar-refractivity contribution in [3.8, 4) is 0 Å². The largest absolute Gasteiger partial charge is 0.464 e. The summed E-state index contributed by atoms with van der Waals surface area (Å²) in [7, 11) is 2.09. The third-order valence-electron chi connectivity index (χ3n) is 5.78. The van der Waals surface area contributed by atoms with Gasteiger partial charge in [0.1, 0.15) is 17.4 Å². The number of nitrogens with one attached hydrogen (secondary N) is 2. The van der Waals surface area contributed by atoms with Crippen LogP contribution in [0.2, 0.25) is 0 Å². The number of quaternary nitrogens is 1. The lowest BCUT2D eigenvalue weighted by molar-refractivity contribution is -0.928. The van der Waals surface area contributed by atoms with Crippen molar-refractivity contribution in [3.05, 3.63) is 40.8 Å². The maximum absolute atomic E-state index is 12.0. The molecule has 0 saturated carbocycles. The second-order valence-electron chi connectivity index (χ2n) is 8.56. The van der Waals surface area contributed by atoms with Crippen molar-refractivity contribution in [2.75, 3.05) is 58.4 Å². The van der Waals surface area contributed by atoms with E-state index < -0.39 is 6.09 Å². The molecular formula is C23H30N5O4S+. The van der Waals surface area contributed by atoms with Crippen molar-refractivity contribution < 1.29 is 23.5 Å². The van der Waals surface area contributed by atoms with Crippen LogP contribution < -0.4 is 10.6 Å². The minimum atomic E-state index is -0.502. The predicted octanol–water partition coefficient (Wildman–Crippen LogP) is 3.20. The molecule has 2 aromatic rings. The summed E-state index contributed by atoms with van der Waals surface area (Å²) in [6.45, 7) is 7.37. The number of nitrogens with zero attached hydrogens (tertiary/aromatic N) is 3. The SMILES string of the molecule is CC(=O)OCCNC(=O)OC[N+]1(C)CCN(C2=Nc3ccccc3Nc3sc(C)cc32)CC1. The Kier molecular flexibility index (Phi) is 6.85. The number of likely N-dealkylation sites (N-methyl/N-ethyl adjacent to an activating group) is 1. The molecule has 3 heterocycles. The Bertz CT molecular complexity index is 1060. The van der Waals surface area contributed by atoms with E-state index in [0.717, 1.165) is 54.0 Å². The van der Waals surface area contributed by atoms with Gasteiger partial charge in [0, 0.05) is 11.8 Å². The fourth-order valence-corrected chi connectivity index (χ4v) is 4.81. The maximum Gasteiger partial charge on any atom is 0.411 e. The van der Waals surface area contributed by atoms with E-state index in [2.05, 4.69) is 41.6 Å². The lowest BCUT2D eigenvalue weighted by Gasteiger charge is -2.42. The van der Waals surface area contributed by atoms with Crippen molar-refractivity contribution >= 4 is 45.6 Å². The average Bonchev–Trinajstić information content (AvgIpc) is 3.07. The summed E-state index contributed by atoms with van der Waals surface area (Å²) in [6, 6.07) is 10.3. The lowest BCUT2D eigenvalue weighted by Crippen LogP contribution is -2.59. The molecule has 10 heteroatoms. The summed E-state index contributed by atoms with van der Waals surface area (Å²) < 4.78 is 10.9. The number of piperazine rings is 1. The number of fused-ring (bicyclic) bond motifs is 2. The number of hydrogen-bond acceptors (Lipinski definition) is 8. The van der Waals surface area contributed by atoms with Crippen LogP contribution in [0.15, 0.2) is 35.3 Å². The van der Waals surface area contributed by atoms with Gasteiger partial charge in [-0.2, -0.15) is 0 Å². The minimum absolute atomic E-state index is 0.135. The fourth-order valence-electron chi connectivity index (χ4n) is 3.89. The van der Waals surface area contributed by atoms with Crippen molar-refractivity contribution in [2.45, 2.75) is 13.8 Å². The quantitative estimate of drug-likeness (QED) is 0.395. The van der Waals surface area contributed by atoms with E-state index in [0.29, 0.717) is 4.48 Å². The van der Waals surface area contributed by atoms with Gasteiger partial charge in [-0.1, -0.05) is 12.1 Å². The normalized spacial score (nSPS) is 16.5. The van der Waals surface area contributed by atoms with E-state index >= 15 is 0 Å². The highest BCUT2D eigenvalue weighted by atomic mass is 32.1. The summed E-state index contributed by atoms with van der Waals surface area (Å²) in [5, 5.41) is 7.27. The van der Waals surface area contributed by atoms with Crippen LogP contribution in [0, 0.1) is 6.92 Å². The lowest BCUT2D eigenvalue weighted by atomic mass is 10.2. The molecule has 0 spiro atoms. The number of amidine groups is 1. The molecule has 1 amide bonds. The first kappa shape index (κ1) is 23.1. The molecule has 2 aliphatic heterocycles. The Labute approximate surface area is 197 Å². The third-order valence-corrected chi connectivity index (χ3v) is 6.74. The molecule has 1 fully saturated rings. The molecule has 33 heavy (non-hydrogen) atoms. The van der Waals surface area contributed by atoms with Gasteiger partial charge in [-0.15, -0.1) is 11.3 Å². The van der Waals surface area contributed by atoms with Crippen LogP contribution in [0.5, 0.6) is 0 Å². The summed E-state index contributed by atoms with van der Waals surface area (Å²) in [6.07, 6.45) is -0.502. The van der Waals surface area contributed by atoms with Gasteiger partial charge in [-0.05, 0) is 25.1 Å². The molecule has 176 valence electrons. The van der Waals surface area contributed by atoms with Crippen molar-refractivity contribution in [2.24, 2.45) is 4.99 Å². The molecule has 0 radical (unpaired) electrons. The number of para-hydroxylation sites is 2. The number of aryl methyl sites for hydroxylation is 1. The summed E-state index contributed by atoms with van der Waals surface area (Å²) in [5.74, 6) is 0.616. The first-order valence-corrected chi connectivity index (χ1v) is 11.8. The second kappa shape index (κ2) is 9.80. The zero-order valence-corrected chi connectivity index (χ0v) is 20.0. The number of thiophene rings is 1. The summed E-state index contributed by atoms with van der Waals surface area (Å²) in [4.78, 5) is 31.3. The van der Waals surface area contributed by atoms with Gasteiger partial charge in [-0.25, -0.2) is 9.79 Å². The highest BCUT2D eigenvalue weighted by Crippen LogP contribution is 2.39. The number of aliphatic imine (C=N–C) groups is 1. The number of ether oxygens (including phenoxy) is 2. The van der Waals surface area contributed by atoms with Crippen LogP contribution in [0.25, 0.3) is 0 Å². The van der Waals surface area contributed by atoms with E-state index in [1.807, 2.05) is 18.2 Å². The number of alkyl carbamates (subject to hydrolysis) is 1. The number of anilines is 2. The van der Waals surface area contributed by atoms with Gasteiger partial charge < -0.3 is 25.0 Å². The number of amides is 1.